The largest absolute Gasteiger partial charge is 0.417 e. The molecule has 0 spiro atoms. The van der Waals surface area contributed by atoms with Crippen molar-refractivity contribution >= 4 is 15.6 Å². The number of alkyl halides is 3. The van der Waals surface area contributed by atoms with Gasteiger partial charge in [-0.3, -0.25) is 4.98 Å². The zero-order chi connectivity index (χ0) is 8.48. The summed E-state index contributed by atoms with van der Waals surface area (Å²) >= 11 is 0. The summed E-state index contributed by atoms with van der Waals surface area (Å²) in [6, 6.07) is 2.45. The molecule has 0 aliphatic heterocycles. The molecule has 60 valence electrons. The summed E-state index contributed by atoms with van der Waals surface area (Å²) in [4.78, 5) is 3.59. The molecule has 1 aromatic heterocycles. The number of rotatable bonds is 0. The molecule has 0 aliphatic carbocycles. The Morgan fingerprint density at radius 1 is 1.27 bits per heavy atom. The molecule has 0 radical (unpaired) electrons. The first-order valence-electron chi connectivity index (χ1n) is 3.00. The Kier molecular flexibility index (Phi) is 1.99. The van der Waals surface area contributed by atoms with E-state index in [4.69, 9.17) is 0 Å². The molecule has 0 unspecified atom stereocenters. The van der Waals surface area contributed by atoms with Crippen molar-refractivity contribution in [1.29, 1.82) is 0 Å². The first-order chi connectivity index (χ1) is 5.00. The van der Waals surface area contributed by atoms with Crippen LogP contribution in [0.2, 0.25) is 0 Å². The van der Waals surface area contributed by atoms with E-state index in [0.29, 0.717) is 10.2 Å². The predicted molar refractivity (Wildman–Crippen MR) is 38.8 cm³/mol. The number of hydrogen-bond acceptors (Lipinski definition) is 1. The number of aromatic nitrogens is 1. The molecule has 0 aliphatic rings. The number of hydrogen-bond donors (Lipinski definition) is 0. The van der Waals surface area contributed by atoms with Gasteiger partial charge >= 0.3 is 6.18 Å². The van der Waals surface area contributed by atoms with Crippen LogP contribution in [0.25, 0.3) is 0 Å². The summed E-state index contributed by atoms with van der Waals surface area (Å²) in [5.74, 6) is 0. The Bertz CT molecular complexity index is 241. The molecule has 5 heteroatoms. The molecule has 0 atom stereocenters. The summed E-state index contributed by atoms with van der Waals surface area (Å²) in [6.07, 6.45) is -3.40. The molecule has 1 aromatic rings. The fourth-order valence-corrected chi connectivity index (χ4v) is 0.931. The van der Waals surface area contributed by atoms with Gasteiger partial charge in [-0.2, -0.15) is 13.2 Å². The van der Waals surface area contributed by atoms with E-state index in [1.165, 1.54) is 6.07 Å². The average molecular weight is 177 g/mol. The fraction of sp³-hybridized carbons (Fsp3) is 0.167. The highest BCUT2D eigenvalue weighted by atomic mass is 28.1. The summed E-state index contributed by atoms with van der Waals surface area (Å²) in [5.41, 5.74) is -0.683. The molecule has 0 saturated carbocycles. The molecule has 1 heterocycles. The maximum atomic E-state index is 11.9. The van der Waals surface area contributed by atoms with Gasteiger partial charge in [0, 0.05) is 11.5 Å². The molecule has 1 rings (SSSR count). The van der Waals surface area contributed by atoms with Gasteiger partial charge in [0.1, 0.15) is 0 Å². The van der Waals surface area contributed by atoms with E-state index in [0.717, 1.165) is 17.6 Å². The van der Waals surface area contributed by atoms with E-state index in [2.05, 4.69) is 4.98 Å². The van der Waals surface area contributed by atoms with Crippen LogP contribution in [0.5, 0.6) is 0 Å². The molecule has 0 aromatic carbocycles. The number of pyridine rings is 1. The van der Waals surface area contributed by atoms with Crippen LogP contribution in [0.4, 0.5) is 13.2 Å². The van der Waals surface area contributed by atoms with E-state index in [1.54, 1.807) is 0 Å². The highest BCUT2D eigenvalue weighted by Gasteiger charge is 2.30. The lowest BCUT2D eigenvalue weighted by Gasteiger charge is -2.04. The van der Waals surface area contributed by atoms with Crippen molar-refractivity contribution in [2.75, 3.05) is 0 Å². The predicted octanol–water partition coefficient (Wildman–Crippen LogP) is 0.0911. The lowest BCUT2D eigenvalue weighted by atomic mass is 10.3. The minimum absolute atomic E-state index is 0.680. The van der Waals surface area contributed by atoms with E-state index in [1.807, 2.05) is 0 Å². The Hall–Kier alpha value is -0.843. The van der Waals surface area contributed by atoms with Crippen LogP contribution in [0, 0.1) is 0 Å². The van der Waals surface area contributed by atoms with Crippen LogP contribution >= 0.6 is 0 Å². The minimum Gasteiger partial charge on any atom is -0.267 e. The Morgan fingerprint density at radius 2 is 1.91 bits per heavy atom. The quantitative estimate of drug-likeness (QED) is 0.512. The second-order valence-electron chi connectivity index (χ2n) is 2.19. The molecular weight excluding hydrogens is 171 g/mol. The standard InChI is InChI=1S/C6H6F3NSi/c7-6(8,9)4-1-2-5(11)10-3-4/h1-3H,11H3. The topological polar surface area (TPSA) is 12.9 Å². The lowest BCUT2D eigenvalue weighted by Crippen LogP contribution is -2.11. The first kappa shape index (κ1) is 8.26. The van der Waals surface area contributed by atoms with Gasteiger partial charge in [0.15, 0.2) is 0 Å². The monoisotopic (exact) mass is 177 g/mol. The summed E-state index contributed by atoms with van der Waals surface area (Å²) < 4.78 is 35.7. The van der Waals surface area contributed by atoms with E-state index >= 15 is 0 Å². The third-order valence-electron chi connectivity index (χ3n) is 1.24. The molecule has 11 heavy (non-hydrogen) atoms. The zero-order valence-electron chi connectivity index (χ0n) is 5.81. The van der Waals surface area contributed by atoms with Crippen LogP contribution in [0.15, 0.2) is 18.3 Å². The van der Waals surface area contributed by atoms with Crippen LogP contribution in [0.1, 0.15) is 5.56 Å². The van der Waals surface area contributed by atoms with Gasteiger partial charge < -0.3 is 0 Å². The maximum Gasteiger partial charge on any atom is 0.417 e. The van der Waals surface area contributed by atoms with Crippen molar-refractivity contribution in [3.63, 3.8) is 0 Å². The van der Waals surface area contributed by atoms with Gasteiger partial charge in [-0.25, -0.2) is 0 Å². The molecule has 0 saturated heterocycles. The molecular formula is C6H6F3NSi. The summed E-state index contributed by atoms with van der Waals surface area (Å²) in [7, 11) is 0.680. The SMILES string of the molecule is FC(F)(F)c1ccc([SiH3])nc1. The lowest BCUT2D eigenvalue weighted by molar-refractivity contribution is -0.137. The zero-order valence-corrected chi connectivity index (χ0v) is 7.81. The number of halogens is 3. The van der Waals surface area contributed by atoms with Gasteiger partial charge in [-0.15, -0.1) is 0 Å². The number of nitrogens with zero attached hydrogens (tertiary/aromatic N) is 1. The van der Waals surface area contributed by atoms with Crippen molar-refractivity contribution in [3.05, 3.63) is 23.9 Å². The van der Waals surface area contributed by atoms with Crippen molar-refractivity contribution in [2.24, 2.45) is 0 Å². The molecule has 0 N–H and O–H groups in total. The van der Waals surface area contributed by atoms with E-state index in [9.17, 15) is 13.2 Å². The van der Waals surface area contributed by atoms with Crippen molar-refractivity contribution < 1.29 is 13.2 Å². The third-order valence-corrected chi connectivity index (χ3v) is 1.83. The van der Waals surface area contributed by atoms with Crippen molar-refractivity contribution in [2.45, 2.75) is 6.18 Å². The molecule has 0 bridgehead atoms. The summed E-state index contributed by atoms with van der Waals surface area (Å²) in [6.45, 7) is 0. The van der Waals surface area contributed by atoms with Gasteiger partial charge in [-0.1, -0.05) is 0 Å². The van der Waals surface area contributed by atoms with Crippen molar-refractivity contribution in [3.8, 4) is 0 Å². The van der Waals surface area contributed by atoms with Gasteiger partial charge in [0.05, 0.1) is 15.8 Å². The van der Waals surface area contributed by atoms with Crippen LogP contribution in [-0.4, -0.2) is 15.2 Å². The van der Waals surface area contributed by atoms with Gasteiger partial charge in [-0.05, 0) is 12.1 Å². The van der Waals surface area contributed by atoms with Gasteiger partial charge in [0.25, 0.3) is 0 Å². The smallest absolute Gasteiger partial charge is 0.267 e. The molecule has 0 fully saturated rings. The third kappa shape index (κ3) is 2.04. The van der Waals surface area contributed by atoms with Gasteiger partial charge in [0.2, 0.25) is 0 Å². The van der Waals surface area contributed by atoms with E-state index < -0.39 is 11.7 Å². The highest BCUT2D eigenvalue weighted by molar-refractivity contribution is 6.30. The van der Waals surface area contributed by atoms with Crippen LogP contribution < -0.4 is 5.32 Å². The first-order valence-corrected chi connectivity index (χ1v) is 4.00. The average Bonchev–Trinajstić information content (AvgIpc) is 1.86. The Balaban J connectivity index is 2.99. The normalized spacial score (nSPS) is 11.9. The Labute approximate surface area is 64.7 Å². The molecule has 0 amide bonds. The summed E-state index contributed by atoms with van der Waals surface area (Å²) in [5, 5.41) is 0.720. The fourth-order valence-electron chi connectivity index (χ4n) is 0.635. The Morgan fingerprint density at radius 3 is 2.27 bits per heavy atom. The second kappa shape index (κ2) is 2.65. The molecule has 1 nitrogen and oxygen atoms in total. The highest BCUT2D eigenvalue weighted by Crippen LogP contribution is 2.27. The maximum absolute atomic E-state index is 11.9. The van der Waals surface area contributed by atoms with Crippen molar-refractivity contribution in [1.82, 2.24) is 4.98 Å². The minimum atomic E-state index is -4.26. The second-order valence-corrected chi connectivity index (χ2v) is 3.21. The van der Waals surface area contributed by atoms with E-state index in [-0.39, 0.29) is 0 Å². The van der Waals surface area contributed by atoms with Crippen LogP contribution in [0.3, 0.4) is 0 Å². The van der Waals surface area contributed by atoms with Crippen LogP contribution in [-0.2, 0) is 6.18 Å².